The monoisotopic (exact) mass is 251 g/mol. The summed E-state index contributed by atoms with van der Waals surface area (Å²) in [4.78, 5) is 0. The van der Waals surface area contributed by atoms with Crippen molar-refractivity contribution in [3.63, 3.8) is 0 Å². The second-order valence-corrected chi connectivity index (χ2v) is 4.13. The number of hydrogen-bond acceptors (Lipinski definition) is 2. The average Bonchev–Trinajstić information content (AvgIpc) is 2.25. The molecule has 0 aromatic heterocycles. The van der Waals surface area contributed by atoms with Crippen LogP contribution in [0.15, 0.2) is 36.4 Å². The number of aryl methyl sites for hydroxylation is 1. The van der Waals surface area contributed by atoms with Gasteiger partial charge in [-0.2, -0.15) is 0 Å². The van der Waals surface area contributed by atoms with Gasteiger partial charge >= 0.3 is 0 Å². The molecule has 2 nitrogen and oxygen atoms in total. The maximum atomic E-state index is 12.9. The quantitative estimate of drug-likeness (QED) is 0.814. The van der Waals surface area contributed by atoms with Gasteiger partial charge in [-0.05, 0) is 36.8 Å². The molecule has 0 bridgehead atoms. The van der Waals surface area contributed by atoms with Crippen LogP contribution in [0.25, 0.3) is 0 Å². The van der Waals surface area contributed by atoms with E-state index in [0.29, 0.717) is 16.5 Å². The number of benzene rings is 2. The van der Waals surface area contributed by atoms with Gasteiger partial charge in [-0.1, -0.05) is 17.7 Å². The highest BCUT2D eigenvalue weighted by Gasteiger charge is 2.06. The summed E-state index contributed by atoms with van der Waals surface area (Å²) in [5, 5.41) is 0.494. The first-order chi connectivity index (χ1) is 8.06. The van der Waals surface area contributed by atoms with Crippen molar-refractivity contribution >= 4 is 17.3 Å². The Morgan fingerprint density at radius 2 is 1.82 bits per heavy atom. The van der Waals surface area contributed by atoms with Crippen molar-refractivity contribution in [1.29, 1.82) is 0 Å². The second kappa shape index (κ2) is 4.63. The summed E-state index contributed by atoms with van der Waals surface area (Å²) < 4.78 is 18.4. The van der Waals surface area contributed by atoms with Gasteiger partial charge in [0.15, 0.2) is 5.75 Å². The molecule has 0 radical (unpaired) electrons. The van der Waals surface area contributed by atoms with Crippen molar-refractivity contribution in [3.8, 4) is 11.5 Å². The summed E-state index contributed by atoms with van der Waals surface area (Å²) in [5.41, 5.74) is 6.92. The number of rotatable bonds is 2. The highest BCUT2D eigenvalue weighted by atomic mass is 35.5. The van der Waals surface area contributed by atoms with E-state index in [1.54, 1.807) is 12.1 Å². The van der Waals surface area contributed by atoms with E-state index < -0.39 is 5.82 Å². The van der Waals surface area contributed by atoms with E-state index in [1.165, 1.54) is 18.2 Å². The number of anilines is 1. The Hall–Kier alpha value is -1.74. The molecule has 0 atom stereocenters. The smallest absolute Gasteiger partial charge is 0.150 e. The van der Waals surface area contributed by atoms with Crippen LogP contribution in [-0.4, -0.2) is 0 Å². The lowest BCUT2D eigenvalue weighted by atomic mass is 10.2. The average molecular weight is 252 g/mol. The molecule has 4 heteroatoms. The van der Waals surface area contributed by atoms with Gasteiger partial charge in [0.2, 0.25) is 0 Å². The molecule has 2 rings (SSSR count). The second-order valence-electron chi connectivity index (χ2n) is 3.72. The van der Waals surface area contributed by atoms with E-state index in [2.05, 4.69) is 0 Å². The van der Waals surface area contributed by atoms with Gasteiger partial charge in [0.05, 0.1) is 10.7 Å². The van der Waals surface area contributed by atoms with E-state index in [0.717, 1.165) is 5.56 Å². The van der Waals surface area contributed by atoms with Gasteiger partial charge in [-0.3, -0.25) is 0 Å². The summed E-state index contributed by atoms with van der Waals surface area (Å²) >= 11 is 6.02. The van der Waals surface area contributed by atoms with Crippen LogP contribution in [0.2, 0.25) is 5.02 Å². The van der Waals surface area contributed by atoms with Gasteiger partial charge in [0.25, 0.3) is 0 Å². The summed E-state index contributed by atoms with van der Waals surface area (Å²) in [6.45, 7) is 1.93. The fourth-order valence-electron chi connectivity index (χ4n) is 1.42. The van der Waals surface area contributed by atoms with Crippen LogP contribution < -0.4 is 10.5 Å². The lowest BCUT2D eigenvalue weighted by Crippen LogP contribution is -1.93. The SMILES string of the molecule is Cc1ccc(Oc2ccc(F)cc2N)c(Cl)c1. The summed E-state index contributed by atoms with van der Waals surface area (Å²) in [6.07, 6.45) is 0. The van der Waals surface area contributed by atoms with E-state index in [-0.39, 0.29) is 5.69 Å². The maximum absolute atomic E-state index is 12.9. The van der Waals surface area contributed by atoms with Crippen LogP contribution in [0.1, 0.15) is 5.56 Å². The van der Waals surface area contributed by atoms with Gasteiger partial charge in [-0.25, -0.2) is 4.39 Å². The fourth-order valence-corrected chi connectivity index (χ4v) is 1.69. The number of halogens is 2. The normalized spacial score (nSPS) is 10.3. The molecule has 0 unspecified atom stereocenters. The minimum atomic E-state index is -0.398. The standard InChI is InChI=1S/C13H11ClFNO/c1-8-2-4-12(10(14)6-8)17-13-5-3-9(15)7-11(13)16/h2-7H,16H2,1H3. The Morgan fingerprint density at radius 3 is 2.47 bits per heavy atom. The largest absolute Gasteiger partial charge is 0.454 e. The van der Waals surface area contributed by atoms with Crippen LogP contribution in [0.5, 0.6) is 11.5 Å². The zero-order valence-corrected chi connectivity index (χ0v) is 9.96. The molecule has 0 saturated heterocycles. The Kier molecular flexibility index (Phi) is 3.20. The first-order valence-electron chi connectivity index (χ1n) is 5.05. The molecule has 2 aromatic carbocycles. The third-order valence-electron chi connectivity index (χ3n) is 2.28. The first kappa shape index (κ1) is 11.7. The van der Waals surface area contributed by atoms with Crippen molar-refractivity contribution in [2.75, 3.05) is 5.73 Å². The number of nitrogens with two attached hydrogens (primary N) is 1. The molecule has 0 aliphatic rings. The molecule has 0 heterocycles. The molecule has 0 aliphatic carbocycles. The summed E-state index contributed by atoms with van der Waals surface area (Å²) in [7, 11) is 0. The van der Waals surface area contributed by atoms with Crippen molar-refractivity contribution in [2.45, 2.75) is 6.92 Å². The van der Waals surface area contributed by atoms with Gasteiger partial charge < -0.3 is 10.5 Å². The van der Waals surface area contributed by atoms with Crippen LogP contribution >= 0.6 is 11.6 Å². The zero-order valence-electron chi connectivity index (χ0n) is 9.21. The Morgan fingerprint density at radius 1 is 1.12 bits per heavy atom. The molecule has 0 saturated carbocycles. The van der Waals surface area contributed by atoms with Crippen molar-refractivity contribution in [3.05, 3.63) is 52.8 Å². The predicted molar refractivity (Wildman–Crippen MR) is 67.1 cm³/mol. The topological polar surface area (TPSA) is 35.2 Å². The molecule has 88 valence electrons. The third kappa shape index (κ3) is 2.68. The minimum absolute atomic E-state index is 0.238. The van der Waals surface area contributed by atoms with Crippen molar-refractivity contribution < 1.29 is 9.13 Å². The molecule has 0 fully saturated rings. The molecule has 0 aliphatic heterocycles. The molecule has 2 aromatic rings. The predicted octanol–water partition coefficient (Wildman–Crippen LogP) is 4.16. The van der Waals surface area contributed by atoms with Crippen molar-refractivity contribution in [2.24, 2.45) is 0 Å². The van der Waals surface area contributed by atoms with Crippen LogP contribution in [0, 0.1) is 12.7 Å². The number of nitrogen functional groups attached to an aromatic ring is 1. The van der Waals surface area contributed by atoms with Gasteiger partial charge in [0, 0.05) is 6.07 Å². The maximum Gasteiger partial charge on any atom is 0.150 e. The highest BCUT2D eigenvalue weighted by Crippen LogP contribution is 2.33. The molecular weight excluding hydrogens is 241 g/mol. The zero-order chi connectivity index (χ0) is 12.4. The first-order valence-corrected chi connectivity index (χ1v) is 5.43. The van der Waals surface area contributed by atoms with E-state index in [1.807, 2.05) is 13.0 Å². The lowest BCUT2D eigenvalue weighted by molar-refractivity contribution is 0.483. The highest BCUT2D eigenvalue weighted by molar-refractivity contribution is 6.32. The Bertz CT molecular complexity index is 508. The van der Waals surface area contributed by atoms with E-state index in [4.69, 9.17) is 22.1 Å². The van der Waals surface area contributed by atoms with Crippen LogP contribution in [0.4, 0.5) is 10.1 Å². The summed E-state index contributed by atoms with van der Waals surface area (Å²) in [5.74, 6) is 0.484. The van der Waals surface area contributed by atoms with Crippen LogP contribution in [0.3, 0.4) is 0 Å². The third-order valence-corrected chi connectivity index (χ3v) is 2.57. The summed E-state index contributed by atoms with van der Waals surface area (Å²) in [6, 6.07) is 9.38. The molecular formula is C13H11ClFNO. The number of ether oxygens (including phenoxy) is 1. The molecule has 17 heavy (non-hydrogen) atoms. The van der Waals surface area contributed by atoms with Gasteiger partial charge in [-0.15, -0.1) is 0 Å². The molecule has 0 amide bonds. The van der Waals surface area contributed by atoms with Crippen molar-refractivity contribution in [1.82, 2.24) is 0 Å². The molecule has 2 N–H and O–H groups in total. The molecule has 0 spiro atoms. The minimum Gasteiger partial charge on any atom is -0.454 e. The number of hydrogen-bond donors (Lipinski definition) is 1. The van der Waals surface area contributed by atoms with E-state index >= 15 is 0 Å². The Balaban J connectivity index is 2.31. The fraction of sp³-hybridized carbons (Fsp3) is 0.0769. The lowest BCUT2D eigenvalue weighted by Gasteiger charge is -2.10. The van der Waals surface area contributed by atoms with Gasteiger partial charge in [0.1, 0.15) is 11.6 Å². The van der Waals surface area contributed by atoms with E-state index in [9.17, 15) is 4.39 Å². The Labute approximate surface area is 104 Å². The van der Waals surface area contributed by atoms with Crippen LogP contribution in [-0.2, 0) is 0 Å².